The summed E-state index contributed by atoms with van der Waals surface area (Å²) < 4.78 is 15.5. The van der Waals surface area contributed by atoms with Crippen molar-refractivity contribution >= 4 is 17.0 Å². The van der Waals surface area contributed by atoms with Crippen molar-refractivity contribution in [1.82, 2.24) is 19.5 Å². The van der Waals surface area contributed by atoms with Gasteiger partial charge in [0.15, 0.2) is 17.0 Å². The van der Waals surface area contributed by atoms with Crippen LogP contribution in [0.1, 0.15) is 19.3 Å². The number of aromatic nitrogens is 4. The molecule has 2 N–H and O–H groups in total. The molecule has 3 fully saturated rings. The molecule has 2 aromatic rings. The molecule has 2 aromatic heterocycles. The first kappa shape index (κ1) is 15.5. The zero-order valence-corrected chi connectivity index (χ0v) is 13.9. The van der Waals surface area contributed by atoms with Crippen LogP contribution < -0.4 is 4.90 Å². The van der Waals surface area contributed by atoms with Crippen LogP contribution in [0.25, 0.3) is 11.2 Å². The Balaban J connectivity index is 1.42. The maximum Gasteiger partial charge on any atom is 0.165 e. The minimum atomic E-state index is -0.811. The third kappa shape index (κ3) is 2.34. The molecule has 5 rings (SSSR count). The molecule has 2 aliphatic carbocycles. The second kappa shape index (κ2) is 5.60. The average Bonchev–Trinajstić information content (AvgIpc) is 3.36. The van der Waals surface area contributed by atoms with E-state index in [9.17, 15) is 14.6 Å². The molecule has 7 nitrogen and oxygen atoms in total. The van der Waals surface area contributed by atoms with Gasteiger partial charge in [0.05, 0.1) is 25.1 Å². The van der Waals surface area contributed by atoms with E-state index in [-0.39, 0.29) is 11.8 Å². The number of halogens is 1. The first-order valence-electron chi connectivity index (χ1n) is 9.03. The molecule has 134 valence electrons. The summed E-state index contributed by atoms with van der Waals surface area (Å²) in [5, 5.41) is 20.1. The molecule has 1 saturated heterocycles. The van der Waals surface area contributed by atoms with Gasteiger partial charge < -0.3 is 19.7 Å². The maximum atomic E-state index is 13.5. The molecule has 0 amide bonds. The molecule has 0 spiro atoms. The van der Waals surface area contributed by atoms with E-state index < -0.39 is 18.4 Å². The maximum absolute atomic E-state index is 13.5. The van der Waals surface area contributed by atoms with E-state index in [0.29, 0.717) is 36.8 Å². The fraction of sp³-hybridized carbons (Fsp3) is 0.706. The average molecular weight is 347 g/mol. The van der Waals surface area contributed by atoms with Crippen LogP contribution in [-0.4, -0.2) is 61.2 Å². The van der Waals surface area contributed by atoms with E-state index in [1.807, 2.05) is 9.47 Å². The number of rotatable bonds is 3. The van der Waals surface area contributed by atoms with Gasteiger partial charge in [0.25, 0.3) is 0 Å². The number of hydrogen-bond donors (Lipinski definition) is 2. The van der Waals surface area contributed by atoms with Gasteiger partial charge in [-0.15, -0.1) is 0 Å². The lowest BCUT2D eigenvalue weighted by molar-refractivity contribution is -0.0360. The van der Waals surface area contributed by atoms with E-state index in [1.54, 1.807) is 6.33 Å². The van der Waals surface area contributed by atoms with Crippen LogP contribution in [0.2, 0.25) is 0 Å². The number of nitrogens with zero attached hydrogens (tertiary/aromatic N) is 5. The quantitative estimate of drug-likeness (QED) is 0.852. The second-order valence-electron chi connectivity index (χ2n) is 7.73. The molecule has 2 saturated carbocycles. The molecule has 6 atom stereocenters. The van der Waals surface area contributed by atoms with Crippen LogP contribution in [0.5, 0.6) is 0 Å². The highest BCUT2D eigenvalue weighted by molar-refractivity contribution is 5.83. The van der Waals surface area contributed by atoms with Gasteiger partial charge >= 0.3 is 0 Å². The number of imidazole rings is 1. The van der Waals surface area contributed by atoms with E-state index in [1.165, 1.54) is 6.33 Å². The minimum Gasteiger partial charge on any atom is -0.390 e. The Morgan fingerprint density at radius 1 is 1.16 bits per heavy atom. The number of fused-ring (bicyclic) bond motifs is 3. The highest BCUT2D eigenvalue weighted by Gasteiger charge is 2.51. The molecule has 0 radical (unpaired) electrons. The lowest BCUT2D eigenvalue weighted by Crippen LogP contribution is -2.37. The smallest absolute Gasteiger partial charge is 0.165 e. The van der Waals surface area contributed by atoms with Crippen molar-refractivity contribution in [2.45, 2.75) is 44.2 Å². The molecule has 1 aliphatic heterocycles. The Morgan fingerprint density at radius 2 is 2.04 bits per heavy atom. The number of aliphatic hydroxyl groups is 2. The summed E-state index contributed by atoms with van der Waals surface area (Å²) in [5.74, 6) is 1.37. The van der Waals surface area contributed by atoms with E-state index in [4.69, 9.17) is 0 Å². The first-order valence-corrected chi connectivity index (χ1v) is 9.03. The predicted octanol–water partition coefficient (Wildman–Crippen LogP) is 0.752. The Morgan fingerprint density at radius 3 is 2.76 bits per heavy atom. The molecular formula is C17H22FN5O2. The summed E-state index contributed by atoms with van der Waals surface area (Å²) in [4.78, 5) is 15.1. The van der Waals surface area contributed by atoms with Crippen LogP contribution in [0.3, 0.4) is 0 Å². The summed E-state index contributed by atoms with van der Waals surface area (Å²) >= 11 is 0. The van der Waals surface area contributed by atoms with Crippen molar-refractivity contribution in [3.63, 3.8) is 0 Å². The highest BCUT2D eigenvalue weighted by Crippen LogP contribution is 2.49. The minimum absolute atomic E-state index is 0.143. The molecule has 1 unspecified atom stereocenters. The number of alkyl halides is 1. The summed E-state index contributed by atoms with van der Waals surface area (Å²) in [7, 11) is 0. The van der Waals surface area contributed by atoms with Gasteiger partial charge in [0.2, 0.25) is 0 Å². The number of anilines is 1. The number of aliphatic hydroxyl groups excluding tert-OH is 2. The van der Waals surface area contributed by atoms with Crippen molar-refractivity contribution in [1.29, 1.82) is 0 Å². The zero-order valence-electron chi connectivity index (χ0n) is 13.9. The molecule has 2 bridgehead atoms. The van der Waals surface area contributed by atoms with E-state index in [2.05, 4.69) is 15.0 Å². The van der Waals surface area contributed by atoms with Gasteiger partial charge in [-0.3, -0.25) is 0 Å². The van der Waals surface area contributed by atoms with Crippen LogP contribution >= 0.6 is 0 Å². The molecular weight excluding hydrogens is 325 g/mol. The molecule has 8 heteroatoms. The number of hydrogen-bond acceptors (Lipinski definition) is 6. The molecule has 0 aromatic carbocycles. The Labute approximate surface area is 144 Å². The summed E-state index contributed by atoms with van der Waals surface area (Å²) in [5.41, 5.74) is 1.46. The Kier molecular flexibility index (Phi) is 3.46. The topological polar surface area (TPSA) is 87.3 Å². The summed E-state index contributed by atoms with van der Waals surface area (Å²) in [6.07, 6.45) is 3.63. The lowest BCUT2D eigenvalue weighted by Gasteiger charge is -2.29. The summed E-state index contributed by atoms with van der Waals surface area (Å²) in [6, 6.07) is 0. The van der Waals surface area contributed by atoms with Crippen molar-refractivity contribution in [3.05, 3.63) is 12.7 Å². The van der Waals surface area contributed by atoms with Crippen LogP contribution in [0, 0.1) is 17.8 Å². The van der Waals surface area contributed by atoms with Gasteiger partial charge in [-0.1, -0.05) is 0 Å². The van der Waals surface area contributed by atoms with E-state index >= 15 is 0 Å². The van der Waals surface area contributed by atoms with Gasteiger partial charge in [-0.25, -0.2) is 19.3 Å². The molecule has 3 heterocycles. The van der Waals surface area contributed by atoms with Gasteiger partial charge in [-0.05, 0) is 37.0 Å². The first-order chi connectivity index (χ1) is 12.1. The zero-order chi connectivity index (χ0) is 17.1. The highest BCUT2D eigenvalue weighted by atomic mass is 19.1. The van der Waals surface area contributed by atoms with Gasteiger partial charge in [0.1, 0.15) is 12.5 Å². The third-order valence-electron chi connectivity index (χ3n) is 6.30. The van der Waals surface area contributed by atoms with Gasteiger partial charge in [-0.2, -0.15) is 0 Å². The second-order valence-corrected chi connectivity index (χ2v) is 7.73. The molecule has 3 aliphatic rings. The van der Waals surface area contributed by atoms with Crippen molar-refractivity contribution in [2.75, 3.05) is 18.0 Å². The Hall–Kier alpha value is -1.80. The van der Waals surface area contributed by atoms with Crippen molar-refractivity contribution in [3.8, 4) is 0 Å². The summed E-state index contributed by atoms with van der Waals surface area (Å²) in [6.45, 7) is 1.73. The van der Waals surface area contributed by atoms with Crippen LogP contribution in [0.4, 0.5) is 10.2 Å². The lowest BCUT2D eigenvalue weighted by atomic mass is 9.85. The largest absolute Gasteiger partial charge is 0.390 e. The Bertz CT molecular complexity index is 796. The van der Waals surface area contributed by atoms with Gasteiger partial charge in [0, 0.05) is 13.1 Å². The van der Waals surface area contributed by atoms with Crippen LogP contribution in [-0.2, 0) is 6.54 Å². The van der Waals surface area contributed by atoms with Crippen LogP contribution in [0.15, 0.2) is 12.7 Å². The normalized spacial score (nSPS) is 37.5. The van der Waals surface area contributed by atoms with E-state index in [0.717, 1.165) is 25.0 Å². The van der Waals surface area contributed by atoms with Crippen molar-refractivity contribution < 1.29 is 14.6 Å². The predicted molar refractivity (Wildman–Crippen MR) is 88.8 cm³/mol. The SMILES string of the molecule is O[C@H]1[C@@H]2C[C@H](Cn3cnc4c(N5CCC(F)C5)ncnc43)[C@@H](C2)[C@H]1O. The third-order valence-corrected chi connectivity index (χ3v) is 6.30. The fourth-order valence-corrected chi connectivity index (χ4v) is 5.04. The van der Waals surface area contributed by atoms with Crippen molar-refractivity contribution in [2.24, 2.45) is 17.8 Å². The fourth-order valence-electron chi connectivity index (χ4n) is 5.04. The monoisotopic (exact) mass is 347 g/mol. The molecule has 25 heavy (non-hydrogen) atoms. The standard InChI is InChI=1S/C17H22FN5O2/c18-11-1-2-22(6-11)16-13-17(20-7-19-16)23(8-21-13)5-10-3-9-4-12(10)15(25)14(9)24/h7-12,14-15,24-25H,1-6H2/t9-,10-,11?,12-,14+,15-/m1/s1.